The Morgan fingerprint density at radius 1 is 1.00 bits per heavy atom. The fourth-order valence-corrected chi connectivity index (χ4v) is 0.335. The lowest BCUT2D eigenvalue weighted by atomic mass is 10.2. The maximum Gasteiger partial charge on any atom is 0.414 e. The van der Waals surface area contributed by atoms with Gasteiger partial charge in [-0.2, -0.15) is 26.3 Å². The molecule has 0 aliphatic carbocycles. The molecule has 1 nitrogen and oxygen atoms in total. The molecule has 0 rings (SSSR count). The van der Waals surface area contributed by atoms with Crippen molar-refractivity contribution in [2.45, 2.75) is 24.9 Å². The van der Waals surface area contributed by atoms with Gasteiger partial charge in [-0.3, -0.25) is 0 Å². The van der Waals surface area contributed by atoms with Gasteiger partial charge < -0.3 is 5.11 Å². The Morgan fingerprint density at radius 3 is 1.45 bits per heavy atom. The van der Waals surface area contributed by atoms with Crippen LogP contribution in [0.1, 0.15) is 6.42 Å². The van der Waals surface area contributed by atoms with E-state index in [-0.39, 0.29) is 0 Å². The molecule has 0 amide bonds. The van der Waals surface area contributed by atoms with Gasteiger partial charge in [0.2, 0.25) is 0 Å². The Balaban J connectivity index is 3.99. The average molecular weight is 182 g/mol. The van der Waals surface area contributed by atoms with Crippen molar-refractivity contribution < 1.29 is 31.4 Å². The normalized spacial score (nSPS) is 16.6. The van der Waals surface area contributed by atoms with Crippen LogP contribution in [0, 0.1) is 0 Å². The van der Waals surface area contributed by atoms with Crippen LogP contribution < -0.4 is 0 Å². The van der Waals surface area contributed by atoms with Gasteiger partial charge in [0.15, 0.2) is 6.10 Å². The van der Waals surface area contributed by atoms with Gasteiger partial charge in [-0.15, -0.1) is 0 Å². The van der Waals surface area contributed by atoms with E-state index in [2.05, 4.69) is 0 Å². The maximum atomic E-state index is 11.2. The van der Waals surface area contributed by atoms with E-state index < -0.39 is 24.9 Å². The van der Waals surface area contributed by atoms with Crippen LogP contribution in [0.2, 0.25) is 0 Å². The number of aliphatic hydroxyl groups excluding tert-OH is 1. The highest BCUT2D eigenvalue weighted by Gasteiger charge is 2.45. The van der Waals surface area contributed by atoms with Crippen LogP contribution in [0.25, 0.3) is 0 Å². The lowest BCUT2D eigenvalue weighted by Crippen LogP contribution is -2.33. The second-order valence-electron chi connectivity index (χ2n) is 1.88. The standard InChI is InChI=1S/C4H4F6O/c5-3(6,7)1-2(11)4(8,9)10/h2,11H,1H2. The number of aliphatic hydroxyl groups is 1. The molecule has 0 aromatic carbocycles. The van der Waals surface area contributed by atoms with Gasteiger partial charge in [0.25, 0.3) is 0 Å². The summed E-state index contributed by atoms with van der Waals surface area (Å²) in [6.45, 7) is 0. The number of hydrogen-bond acceptors (Lipinski definition) is 1. The molecule has 68 valence electrons. The van der Waals surface area contributed by atoms with E-state index >= 15 is 0 Å². The summed E-state index contributed by atoms with van der Waals surface area (Å²) in [6.07, 6.45) is -15.8. The minimum absolute atomic E-state index is 2.25. The summed E-state index contributed by atoms with van der Waals surface area (Å²) in [4.78, 5) is 0. The summed E-state index contributed by atoms with van der Waals surface area (Å²) < 4.78 is 67.2. The van der Waals surface area contributed by atoms with Crippen molar-refractivity contribution >= 4 is 0 Å². The van der Waals surface area contributed by atoms with Gasteiger partial charge in [-0.25, -0.2) is 0 Å². The molecule has 7 heteroatoms. The Morgan fingerprint density at radius 2 is 1.36 bits per heavy atom. The Bertz CT molecular complexity index is 124. The fourth-order valence-electron chi connectivity index (χ4n) is 0.335. The molecular weight excluding hydrogens is 178 g/mol. The van der Waals surface area contributed by atoms with E-state index in [1.807, 2.05) is 0 Å². The first-order chi connectivity index (χ1) is 4.63. The van der Waals surface area contributed by atoms with Crippen molar-refractivity contribution in [2.24, 2.45) is 0 Å². The highest BCUT2D eigenvalue weighted by atomic mass is 19.4. The van der Waals surface area contributed by atoms with E-state index in [1.54, 1.807) is 0 Å². The summed E-state index contributed by atoms with van der Waals surface area (Å²) in [5.41, 5.74) is 0. The van der Waals surface area contributed by atoms with Crippen molar-refractivity contribution in [3.63, 3.8) is 0 Å². The first-order valence-electron chi connectivity index (χ1n) is 2.44. The minimum Gasteiger partial charge on any atom is -0.383 e. The third-order valence-corrected chi connectivity index (χ3v) is 0.803. The van der Waals surface area contributed by atoms with Crippen LogP contribution in [0.3, 0.4) is 0 Å². The van der Waals surface area contributed by atoms with Crippen molar-refractivity contribution in [3.8, 4) is 0 Å². The summed E-state index contributed by atoms with van der Waals surface area (Å²) in [5.74, 6) is 0. The second-order valence-corrected chi connectivity index (χ2v) is 1.88. The summed E-state index contributed by atoms with van der Waals surface area (Å²) >= 11 is 0. The molecule has 0 saturated heterocycles. The van der Waals surface area contributed by atoms with E-state index in [1.165, 1.54) is 0 Å². The van der Waals surface area contributed by atoms with Crippen molar-refractivity contribution in [3.05, 3.63) is 0 Å². The number of alkyl halides is 6. The smallest absolute Gasteiger partial charge is 0.383 e. The predicted molar refractivity (Wildman–Crippen MR) is 22.7 cm³/mol. The van der Waals surface area contributed by atoms with Crippen LogP contribution in [0.15, 0.2) is 0 Å². The molecule has 0 fully saturated rings. The topological polar surface area (TPSA) is 20.2 Å². The molecule has 0 heterocycles. The zero-order valence-electron chi connectivity index (χ0n) is 5.00. The fraction of sp³-hybridized carbons (Fsp3) is 1.00. The van der Waals surface area contributed by atoms with Gasteiger partial charge in [0, 0.05) is 0 Å². The highest BCUT2D eigenvalue weighted by molar-refractivity contribution is 4.68. The molecule has 0 radical (unpaired) electrons. The SMILES string of the molecule is OC(CC(F)(F)F)C(F)(F)F. The summed E-state index contributed by atoms with van der Waals surface area (Å²) in [5, 5.41) is 7.88. The largest absolute Gasteiger partial charge is 0.414 e. The molecule has 0 bridgehead atoms. The number of hydrogen-bond donors (Lipinski definition) is 1. The van der Waals surface area contributed by atoms with Gasteiger partial charge >= 0.3 is 12.4 Å². The lowest BCUT2D eigenvalue weighted by Gasteiger charge is -2.15. The lowest BCUT2D eigenvalue weighted by molar-refractivity contribution is -0.241. The molecule has 0 aliphatic heterocycles. The average Bonchev–Trinajstić information content (AvgIpc) is 1.56. The third kappa shape index (κ3) is 4.88. The molecular formula is C4H4F6O. The van der Waals surface area contributed by atoms with Crippen molar-refractivity contribution in [2.75, 3.05) is 0 Å². The maximum absolute atomic E-state index is 11.2. The first kappa shape index (κ1) is 10.5. The summed E-state index contributed by atoms with van der Waals surface area (Å²) in [6, 6.07) is 0. The Hall–Kier alpha value is -0.460. The van der Waals surface area contributed by atoms with Crippen LogP contribution in [0.5, 0.6) is 0 Å². The Labute approximate surface area is 57.6 Å². The van der Waals surface area contributed by atoms with E-state index in [0.717, 1.165) is 0 Å². The third-order valence-electron chi connectivity index (χ3n) is 0.803. The highest BCUT2D eigenvalue weighted by Crippen LogP contribution is 2.30. The summed E-state index contributed by atoms with van der Waals surface area (Å²) in [7, 11) is 0. The quantitative estimate of drug-likeness (QED) is 0.613. The molecule has 1 atom stereocenters. The predicted octanol–water partition coefficient (Wildman–Crippen LogP) is 1.86. The van der Waals surface area contributed by atoms with Gasteiger partial charge in [0.05, 0.1) is 6.42 Å². The molecule has 11 heavy (non-hydrogen) atoms. The molecule has 1 unspecified atom stereocenters. The van der Waals surface area contributed by atoms with Crippen LogP contribution in [-0.2, 0) is 0 Å². The molecule has 1 N–H and O–H groups in total. The molecule has 0 aliphatic rings. The molecule has 0 aromatic rings. The zero-order valence-corrected chi connectivity index (χ0v) is 5.00. The van der Waals surface area contributed by atoms with Gasteiger partial charge in [0.1, 0.15) is 0 Å². The number of rotatable bonds is 1. The van der Waals surface area contributed by atoms with E-state index in [9.17, 15) is 26.3 Å². The van der Waals surface area contributed by atoms with Crippen molar-refractivity contribution in [1.82, 2.24) is 0 Å². The van der Waals surface area contributed by atoms with E-state index in [0.29, 0.717) is 0 Å². The second kappa shape index (κ2) is 2.88. The Kier molecular flexibility index (Phi) is 2.76. The number of halogens is 6. The van der Waals surface area contributed by atoms with Crippen molar-refractivity contribution in [1.29, 1.82) is 0 Å². The van der Waals surface area contributed by atoms with Gasteiger partial charge in [-0.1, -0.05) is 0 Å². The first-order valence-corrected chi connectivity index (χ1v) is 2.44. The molecule has 0 aromatic heterocycles. The van der Waals surface area contributed by atoms with Gasteiger partial charge in [-0.05, 0) is 0 Å². The minimum atomic E-state index is -5.20. The molecule has 0 saturated carbocycles. The molecule has 0 spiro atoms. The van der Waals surface area contributed by atoms with E-state index in [4.69, 9.17) is 5.11 Å². The monoisotopic (exact) mass is 182 g/mol. The van der Waals surface area contributed by atoms with Crippen LogP contribution in [-0.4, -0.2) is 23.6 Å². The van der Waals surface area contributed by atoms with Crippen LogP contribution in [0.4, 0.5) is 26.3 Å². The van der Waals surface area contributed by atoms with Crippen LogP contribution >= 0.6 is 0 Å². The zero-order chi connectivity index (χ0) is 9.28.